The molecule has 0 bridgehead atoms. The van der Waals surface area contributed by atoms with Crippen LogP contribution in [0.5, 0.6) is 0 Å². The van der Waals surface area contributed by atoms with E-state index in [1.807, 2.05) is 0 Å². The fourth-order valence-electron chi connectivity index (χ4n) is 1.34. The molecule has 1 heterocycles. The predicted octanol–water partition coefficient (Wildman–Crippen LogP) is -0.209. The molecule has 2 amide bonds. The highest BCUT2D eigenvalue weighted by Gasteiger charge is 2.20. The van der Waals surface area contributed by atoms with Crippen molar-refractivity contribution >= 4 is 11.8 Å². The Balaban J connectivity index is 2.34. The van der Waals surface area contributed by atoms with Gasteiger partial charge in [-0.05, 0) is 19.4 Å². The highest BCUT2D eigenvalue weighted by Crippen LogP contribution is 2.06. The smallest absolute Gasteiger partial charge is 0.243 e. The van der Waals surface area contributed by atoms with Crippen molar-refractivity contribution in [3.8, 4) is 0 Å². The zero-order valence-corrected chi connectivity index (χ0v) is 7.22. The molecular formula is C8H14N2O2. The van der Waals surface area contributed by atoms with Crippen LogP contribution in [0, 0.1) is 0 Å². The van der Waals surface area contributed by atoms with Crippen LogP contribution >= 0.6 is 0 Å². The normalized spacial score (nSPS) is 23.2. The van der Waals surface area contributed by atoms with Gasteiger partial charge >= 0.3 is 0 Å². The van der Waals surface area contributed by atoms with Crippen LogP contribution in [0.15, 0.2) is 0 Å². The topological polar surface area (TPSA) is 58.2 Å². The number of carbonyl (C=O) groups is 2. The molecule has 0 aliphatic carbocycles. The van der Waals surface area contributed by atoms with Crippen LogP contribution in [-0.4, -0.2) is 24.4 Å². The Bertz CT molecular complexity index is 185. The lowest BCUT2D eigenvalue weighted by molar-refractivity contribution is -0.130. The van der Waals surface area contributed by atoms with Crippen LogP contribution < -0.4 is 10.6 Å². The molecule has 4 nitrogen and oxygen atoms in total. The first-order chi connectivity index (χ1) is 5.70. The van der Waals surface area contributed by atoms with Crippen molar-refractivity contribution in [2.75, 3.05) is 6.54 Å². The Kier molecular flexibility index (Phi) is 3.22. The summed E-state index contributed by atoms with van der Waals surface area (Å²) in [6.45, 7) is 2.22. The van der Waals surface area contributed by atoms with Gasteiger partial charge in [0.25, 0.3) is 0 Å². The van der Waals surface area contributed by atoms with Gasteiger partial charge < -0.3 is 5.32 Å². The van der Waals surface area contributed by atoms with Gasteiger partial charge in [-0.25, -0.2) is 0 Å². The summed E-state index contributed by atoms with van der Waals surface area (Å²) >= 11 is 0. The van der Waals surface area contributed by atoms with E-state index in [2.05, 4.69) is 10.6 Å². The summed E-state index contributed by atoms with van der Waals surface area (Å²) in [6.07, 6.45) is 3.01. The molecule has 1 aliphatic heterocycles. The van der Waals surface area contributed by atoms with Gasteiger partial charge in [-0.3, -0.25) is 14.9 Å². The molecule has 1 unspecified atom stereocenters. The van der Waals surface area contributed by atoms with Crippen LogP contribution in [0.4, 0.5) is 0 Å². The minimum Gasteiger partial charge on any atom is -0.306 e. The highest BCUT2D eigenvalue weighted by molar-refractivity contribution is 5.96. The summed E-state index contributed by atoms with van der Waals surface area (Å²) < 4.78 is 0. The molecule has 0 aromatic rings. The van der Waals surface area contributed by atoms with Gasteiger partial charge in [0.2, 0.25) is 11.8 Å². The van der Waals surface area contributed by atoms with Gasteiger partial charge in [-0.2, -0.15) is 0 Å². The molecule has 1 saturated heterocycles. The first-order valence-electron chi connectivity index (χ1n) is 4.25. The number of rotatable bonds is 1. The molecule has 0 aromatic heterocycles. The van der Waals surface area contributed by atoms with E-state index in [1.54, 1.807) is 0 Å². The summed E-state index contributed by atoms with van der Waals surface area (Å²) in [5.41, 5.74) is 0. The second-order valence-corrected chi connectivity index (χ2v) is 3.05. The first-order valence-corrected chi connectivity index (χ1v) is 4.25. The van der Waals surface area contributed by atoms with Gasteiger partial charge in [0.05, 0.1) is 6.04 Å². The molecule has 4 heteroatoms. The summed E-state index contributed by atoms with van der Waals surface area (Å²) in [5.74, 6) is -0.477. The van der Waals surface area contributed by atoms with Crippen molar-refractivity contribution in [1.29, 1.82) is 0 Å². The maximum atomic E-state index is 11.2. The maximum absolute atomic E-state index is 11.2. The molecule has 1 fully saturated rings. The molecule has 1 rings (SSSR count). The summed E-state index contributed by atoms with van der Waals surface area (Å²) in [7, 11) is 0. The SMILES string of the molecule is CC(=O)NC(=O)C1CCCCN1. The largest absolute Gasteiger partial charge is 0.306 e. The third-order valence-electron chi connectivity index (χ3n) is 1.93. The van der Waals surface area contributed by atoms with Gasteiger partial charge in [-0.15, -0.1) is 0 Å². The standard InChI is InChI=1S/C8H14N2O2/c1-6(11)10-8(12)7-4-2-3-5-9-7/h7,9H,2-5H2,1H3,(H,10,11,12). The minimum atomic E-state index is -0.285. The van der Waals surface area contributed by atoms with E-state index in [0.29, 0.717) is 0 Å². The summed E-state index contributed by atoms with van der Waals surface area (Å²) in [5, 5.41) is 5.33. The van der Waals surface area contributed by atoms with Crippen LogP contribution in [0.3, 0.4) is 0 Å². The molecule has 0 spiro atoms. The van der Waals surface area contributed by atoms with Crippen molar-refractivity contribution in [1.82, 2.24) is 10.6 Å². The number of nitrogens with one attached hydrogen (secondary N) is 2. The Hall–Kier alpha value is -0.900. The maximum Gasteiger partial charge on any atom is 0.243 e. The van der Waals surface area contributed by atoms with Crippen LogP contribution in [0.2, 0.25) is 0 Å². The van der Waals surface area contributed by atoms with Crippen molar-refractivity contribution in [2.45, 2.75) is 32.2 Å². The zero-order valence-electron chi connectivity index (χ0n) is 7.22. The fraction of sp³-hybridized carbons (Fsp3) is 0.750. The number of hydrogen-bond donors (Lipinski definition) is 2. The summed E-state index contributed by atoms with van der Waals surface area (Å²) in [4.78, 5) is 21.8. The molecule has 2 N–H and O–H groups in total. The average molecular weight is 170 g/mol. The quantitative estimate of drug-likeness (QED) is 0.572. The molecular weight excluding hydrogens is 156 g/mol. The van der Waals surface area contributed by atoms with E-state index in [1.165, 1.54) is 6.92 Å². The first kappa shape index (κ1) is 9.19. The van der Waals surface area contributed by atoms with E-state index < -0.39 is 0 Å². The molecule has 68 valence electrons. The van der Waals surface area contributed by atoms with Gasteiger partial charge in [0.1, 0.15) is 0 Å². The molecule has 1 aliphatic rings. The number of carbonyl (C=O) groups excluding carboxylic acids is 2. The van der Waals surface area contributed by atoms with Gasteiger partial charge in [-0.1, -0.05) is 6.42 Å². The monoisotopic (exact) mass is 170 g/mol. The lowest BCUT2D eigenvalue weighted by Gasteiger charge is -2.21. The fourth-order valence-corrected chi connectivity index (χ4v) is 1.34. The molecule has 0 saturated carbocycles. The highest BCUT2D eigenvalue weighted by atomic mass is 16.2. The Morgan fingerprint density at radius 3 is 2.67 bits per heavy atom. The summed E-state index contributed by atoms with van der Waals surface area (Å²) in [6, 6.07) is -0.164. The lowest BCUT2D eigenvalue weighted by atomic mass is 10.0. The van der Waals surface area contributed by atoms with Crippen molar-refractivity contribution in [3.63, 3.8) is 0 Å². The minimum absolute atomic E-state index is 0.164. The van der Waals surface area contributed by atoms with E-state index in [9.17, 15) is 9.59 Å². The van der Waals surface area contributed by atoms with Crippen LogP contribution in [0.1, 0.15) is 26.2 Å². The molecule has 0 aromatic carbocycles. The molecule has 1 atom stereocenters. The Morgan fingerprint density at radius 2 is 2.17 bits per heavy atom. The number of imide groups is 1. The third-order valence-corrected chi connectivity index (χ3v) is 1.93. The van der Waals surface area contributed by atoms with E-state index in [4.69, 9.17) is 0 Å². The van der Waals surface area contributed by atoms with E-state index >= 15 is 0 Å². The predicted molar refractivity (Wildman–Crippen MR) is 44.5 cm³/mol. The second-order valence-electron chi connectivity index (χ2n) is 3.05. The van der Waals surface area contributed by atoms with E-state index in [0.717, 1.165) is 25.8 Å². The Labute approximate surface area is 71.7 Å². The average Bonchev–Trinajstić information content (AvgIpc) is 2.05. The van der Waals surface area contributed by atoms with Crippen LogP contribution in [-0.2, 0) is 9.59 Å². The Morgan fingerprint density at radius 1 is 1.42 bits per heavy atom. The third kappa shape index (κ3) is 2.62. The van der Waals surface area contributed by atoms with E-state index in [-0.39, 0.29) is 17.9 Å². The lowest BCUT2D eigenvalue weighted by Crippen LogP contribution is -2.47. The molecule has 12 heavy (non-hydrogen) atoms. The number of piperidine rings is 1. The van der Waals surface area contributed by atoms with Crippen molar-refractivity contribution in [2.24, 2.45) is 0 Å². The van der Waals surface area contributed by atoms with Crippen molar-refractivity contribution in [3.05, 3.63) is 0 Å². The molecule has 0 radical (unpaired) electrons. The second kappa shape index (κ2) is 4.21. The zero-order chi connectivity index (χ0) is 8.97. The van der Waals surface area contributed by atoms with Gasteiger partial charge in [0, 0.05) is 6.92 Å². The number of amides is 2. The number of hydrogen-bond acceptors (Lipinski definition) is 3. The van der Waals surface area contributed by atoms with Crippen molar-refractivity contribution < 1.29 is 9.59 Å². The van der Waals surface area contributed by atoms with Gasteiger partial charge in [0.15, 0.2) is 0 Å². The van der Waals surface area contributed by atoms with Crippen LogP contribution in [0.25, 0.3) is 0 Å².